The number of rotatable bonds is 8. The standard InChI is InChI=1S/C14H20N4O2S/c1-18-7-5-16-14(18)13(11-4-3-9-21-11)17-10-12(19)15-6-8-20-2/h3-5,7,9,13,17H,6,8,10H2,1-2H3,(H,15,19). The van der Waals surface area contributed by atoms with Crippen LogP contribution in [0.5, 0.6) is 0 Å². The van der Waals surface area contributed by atoms with Gasteiger partial charge in [0.2, 0.25) is 5.91 Å². The summed E-state index contributed by atoms with van der Waals surface area (Å²) in [5, 5.41) is 8.08. The van der Waals surface area contributed by atoms with Crippen LogP contribution in [-0.2, 0) is 16.6 Å². The monoisotopic (exact) mass is 308 g/mol. The lowest BCUT2D eigenvalue weighted by molar-refractivity contribution is -0.120. The van der Waals surface area contributed by atoms with Gasteiger partial charge in [0.05, 0.1) is 13.2 Å². The van der Waals surface area contributed by atoms with Gasteiger partial charge in [-0.25, -0.2) is 4.98 Å². The Balaban J connectivity index is 1.98. The highest BCUT2D eigenvalue weighted by Gasteiger charge is 2.19. The third-order valence-corrected chi connectivity index (χ3v) is 3.98. The minimum Gasteiger partial charge on any atom is -0.383 e. The number of amides is 1. The molecule has 0 aliphatic carbocycles. The van der Waals surface area contributed by atoms with Crippen molar-refractivity contribution in [3.63, 3.8) is 0 Å². The van der Waals surface area contributed by atoms with Crippen LogP contribution in [-0.4, -0.2) is 42.3 Å². The number of thiophene rings is 1. The molecule has 1 unspecified atom stereocenters. The fraction of sp³-hybridized carbons (Fsp3) is 0.429. The summed E-state index contributed by atoms with van der Waals surface area (Å²) in [4.78, 5) is 17.3. The molecule has 2 N–H and O–H groups in total. The van der Waals surface area contributed by atoms with Crippen LogP contribution in [0.1, 0.15) is 16.7 Å². The molecule has 0 saturated carbocycles. The van der Waals surface area contributed by atoms with E-state index < -0.39 is 0 Å². The number of hydrogen-bond donors (Lipinski definition) is 2. The second kappa shape index (κ2) is 7.92. The molecule has 7 heteroatoms. The number of imidazole rings is 1. The van der Waals surface area contributed by atoms with E-state index in [-0.39, 0.29) is 18.5 Å². The molecular weight excluding hydrogens is 288 g/mol. The second-order valence-electron chi connectivity index (χ2n) is 4.57. The number of hydrogen-bond acceptors (Lipinski definition) is 5. The minimum atomic E-state index is -0.0850. The number of methoxy groups -OCH3 is 1. The zero-order valence-electron chi connectivity index (χ0n) is 12.2. The molecule has 2 aromatic rings. The SMILES string of the molecule is COCCNC(=O)CNC(c1cccs1)c1nccn1C. The molecule has 21 heavy (non-hydrogen) atoms. The number of nitrogens with one attached hydrogen (secondary N) is 2. The lowest BCUT2D eigenvalue weighted by atomic mass is 10.2. The number of ether oxygens (including phenoxy) is 1. The maximum atomic E-state index is 11.8. The molecule has 0 spiro atoms. The predicted octanol–water partition coefficient (Wildman–Crippen LogP) is 0.923. The van der Waals surface area contributed by atoms with Crippen LogP contribution < -0.4 is 10.6 Å². The van der Waals surface area contributed by atoms with Crippen molar-refractivity contribution in [2.75, 3.05) is 26.8 Å². The van der Waals surface area contributed by atoms with Gasteiger partial charge in [0.15, 0.2) is 0 Å². The van der Waals surface area contributed by atoms with Crippen LogP contribution in [0.3, 0.4) is 0 Å². The Labute approximate surface area is 128 Å². The lowest BCUT2D eigenvalue weighted by Gasteiger charge is -2.17. The van der Waals surface area contributed by atoms with Crippen molar-refractivity contribution in [2.45, 2.75) is 6.04 Å². The maximum absolute atomic E-state index is 11.8. The molecule has 0 aliphatic rings. The van der Waals surface area contributed by atoms with Crippen molar-refractivity contribution >= 4 is 17.2 Å². The van der Waals surface area contributed by atoms with Gasteiger partial charge in [-0.2, -0.15) is 0 Å². The van der Waals surface area contributed by atoms with Crippen LogP contribution >= 0.6 is 11.3 Å². The average molecular weight is 308 g/mol. The van der Waals surface area contributed by atoms with Gasteiger partial charge in [-0.3, -0.25) is 10.1 Å². The maximum Gasteiger partial charge on any atom is 0.234 e. The van der Waals surface area contributed by atoms with Crippen LogP contribution in [0.15, 0.2) is 29.9 Å². The van der Waals surface area contributed by atoms with Crippen molar-refractivity contribution in [1.82, 2.24) is 20.2 Å². The largest absolute Gasteiger partial charge is 0.383 e. The van der Waals surface area contributed by atoms with E-state index in [0.717, 1.165) is 10.7 Å². The van der Waals surface area contributed by atoms with E-state index in [4.69, 9.17) is 4.74 Å². The average Bonchev–Trinajstić information content (AvgIpc) is 3.12. The van der Waals surface area contributed by atoms with E-state index in [2.05, 4.69) is 15.6 Å². The first-order valence-corrected chi connectivity index (χ1v) is 7.60. The number of carbonyl (C=O) groups excluding carboxylic acids is 1. The van der Waals surface area contributed by atoms with E-state index in [1.54, 1.807) is 24.6 Å². The van der Waals surface area contributed by atoms with Gasteiger partial charge in [0.25, 0.3) is 0 Å². The summed E-state index contributed by atoms with van der Waals surface area (Å²) in [6, 6.07) is 3.95. The highest BCUT2D eigenvalue weighted by Crippen LogP contribution is 2.24. The van der Waals surface area contributed by atoms with E-state index >= 15 is 0 Å². The molecule has 0 fully saturated rings. The summed E-state index contributed by atoms with van der Waals surface area (Å²) in [6.45, 7) is 1.27. The number of aryl methyl sites for hydroxylation is 1. The Bertz CT molecular complexity index is 553. The molecule has 0 aromatic carbocycles. The van der Waals surface area contributed by atoms with Crippen molar-refractivity contribution in [1.29, 1.82) is 0 Å². The van der Waals surface area contributed by atoms with E-state index in [0.29, 0.717) is 13.2 Å². The first-order valence-electron chi connectivity index (χ1n) is 6.72. The Morgan fingerprint density at radius 1 is 1.57 bits per heavy atom. The first-order chi connectivity index (χ1) is 10.2. The molecule has 114 valence electrons. The summed E-state index contributed by atoms with van der Waals surface area (Å²) in [7, 11) is 3.56. The summed E-state index contributed by atoms with van der Waals surface area (Å²) in [5.41, 5.74) is 0. The number of aromatic nitrogens is 2. The molecule has 2 rings (SSSR count). The summed E-state index contributed by atoms with van der Waals surface area (Å²) < 4.78 is 6.86. The van der Waals surface area contributed by atoms with Crippen LogP contribution in [0.25, 0.3) is 0 Å². The van der Waals surface area contributed by atoms with Crippen LogP contribution in [0.4, 0.5) is 0 Å². The highest BCUT2D eigenvalue weighted by atomic mass is 32.1. The minimum absolute atomic E-state index is 0.0529. The third kappa shape index (κ3) is 4.38. The van der Waals surface area contributed by atoms with Gasteiger partial charge in [-0.05, 0) is 11.4 Å². The van der Waals surface area contributed by atoms with Gasteiger partial charge in [-0.1, -0.05) is 6.07 Å². The Kier molecular flexibility index (Phi) is 5.91. The predicted molar refractivity (Wildman–Crippen MR) is 82.3 cm³/mol. The molecule has 0 aliphatic heterocycles. The van der Waals surface area contributed by atoms with Crippen molar-refractivity contribution < 1.29 is 9.53 Å². The lowest BCUT2D eigenvalue weighted by Crippen LogP contribution is -2.37. The van der Waals surface area contributed by atoms with Crippen molar-refractivity contribution in [3.8, 4) is 0 Å². The van der Waals surface area contributed by atoms with E-state index in [1.807, 2.05) is 35.3 Å². The molecule has 1 amide bonds. The van der Waals surface area contributed by atoms with Gasteiger partial charge in [0, 0.05) is 38.0 Å². The van der Waals surface area contributed by atoms with Crippen molar-refractivity contribution in [2.24, 2.45) is 7.05 Å². The second-order valence-corrected chi connectivity index (χ2v) is 5.55. The quantitative estimate of drug-likeness (QED) is 0.712. The normalized spacial score (nSPS) is 12.3. The number of nitrogens with zero attached hydrogens (tertiary/aromatic N) is 2. The molecule has 0 bridgehead atoms. The molecule has 0 radical (unpaired) electrons. The third-order valence-electron chi connectivity index (χ3n) is 3.04. The summed E-state index contributed by atoms with van der Waals surface area (Å²) >= 11 is 1.64. The van der Waals surface area contributed by atoms with E-state index in [9.17, 15) is 4.79 Å². The molecular formula is C14H20N4O2S. The highest BCUT2D eigenvalue weighted by molar-refractivity contribution is 7.10. The van der Waals surface area contributed by atoms with E-state index in [1.165, 1.54) is 0 Å². The Hall–Kier alpha value is -1.70. The summed E-state index contributed by atoms with van der Waals surface area (Å²) in [6.07, 6.45) is 3.66. The topological polar surface area (TPSA) is 68.2 Å². The molecule has 1 atom stereocenters. The fourth-order valence-electron chi connectivity index (χ4n) is 1.98. The Morgan fingerprint density at radius 3 is 3.05 bits per heavy atom. The molecule has 2 aromatic heterocycles. The fourth-order valence-corrected chi connectivity index (χ4v) is 2.78. The van der Waals surface area contributed by atoms with Crippen molar-refractivity contribution in [3.05, 3.63) is 40.6 Å². The molecule has 6 nitrogen and oxygen atoms in total. The van der Waals surface area contributed by atoms with Gasteiger partial charge >= 0.3 is 0 Å². The molecule has 0 saturated heterocycles. The van der Waals surface area contributed by atoms with Crippen LogP contribution in [0, 0.1) is 0 Å². The first kappa shape index (κ1) is 15.7. The van der Waals surface area contributed by atoms with Gasteiger partial charge < -0.3 is 14.6 Å². The van der Waals surface area contributed by atoms with Gasteiger partial charge in [0.1, 0.15) is 11.9 Å². The van der Waals surface area contributed by atoms with Crippen LogP contribution in [0.2, 0.25) is 0 Å². The summed E-state index contributed by atoms with van der Waals surface area (Å²) in [5.74, 6) is 0.838. The zero-order chi connectivity index (χ0) is 15.1. The smallest absolute Gasteiger partial charge is 0.234 e. The van der Waals surface area contributed by atoms with Gasteiger partial charge in [-0.15, -0.1) is 11.3 Å². The zero-order valence-corrected chi connectivity index (χ0v) is 13.0. The number of carbonyl (C=O) groups is 1. The molecule has 2 heterocycles. The Morgan fingerprint density at radius 2 is 2.43 bits per heavy atom.